The fraction of sp³-hybridized carbons (Fsp3) is 0.600. The maximum atomic E-state index is 13.6. The number of aliphatic hydroxyl groups is 1. The minimum atomic E-state index is -0.431. The molecule has 2 fully saturated rings. The van der Waals surface area contributed by atoms with E-state index in [9.17, 15) is 14.7 Å². The Kier molecular flexibility index (Phi) is 5.82. The first-order valence-electron chi connectivity index (χ1n) is 12.0. The summed E-state index contributed by atoms with van der Waals surface area (Å²) in [5, 5.41) is 11.5. The van der Waals surface area contributed by atoms with Crippen LogP contribution in [0.3, 0.4) is 0 Å². The van der Waals surface area contributed by atoms with Crippen molar-refractivity contribution in [3.05, 3.63) is 29.5 Å². The number of methoxy groups -OCH3 is 1. The SMILES string of the molecule is CCCC(=O)N1CC2(C1)CN(C(=O)C1CCOCC1)[C@@H](CO)c1[nH]c3cc(OC)ccc3c12. The molecule has 1 aromatic heterocycles. The highest BCUT2D eigenvalue weighted by Gasteiger charge is 2.55. The summed E-state index contributed by atoms with van der Waals surface area (Å²) >= 11 is 0. The Hall–Kier alpha value is -2.58. The van der Waals surface area contributed by atoms with Gasteiger partial charge in [0, 0.05) is 67.8 Å². The lowest BCUT2D eigenvalue weighted by Gasteiger charge is -2.56. The van der Waals surface area contributed by atoms with E-state index in [1.54, 1.807) is 7.11 Å². The van der Waals surface area contributed by atoms with Crippen molar-refractivity contribution in [3.8, 4) is 5.75 Å². The first-order valence-corrected chi connectivity index (χ1v) is 12.0. The normalized spacial score (nSPS) is 22.3. The van der Waals surface area contributed by atoms with Crippen molar-refractivity contribution >= 4 is 22.7 Å². The van der Waals surface area contributed by atoms with Crippen LogP contribution in [0.25, 0.3) is 10.9 Å². The zero-order chi connectivity index (χ0) is 23.2. The molecular weight excluding hydrogens is 422 g/mol. The van der Waals surface area contributed by atoms with Crippen molar-refractivity contribution in [2.24, 2.45) is 5.92 Å². The summed E-state index contributed by atoms with van der Waals surface area (Å²) in [6.45, 7) is 4.74. The number of aromatic nitrogens is 1. The molecule has 0 bridgehead atoms. The topological polar surface area (TPSA) is 95.1 Å². The number of hydrogen-bond donors (Lipinski definition) is 2. The van der Waals surface area contributed by atoms with E-state index in [0.717, 1.165) is 34.3 Å². The number of aliphatic hydroxyl groups excluding tert-OH is 1. The second-order valence-electron chi connectivity index (χ2n) is 9.66. The van der Waals surface area contributed by atoms with E-state index >= 15 is 0 Å². The standard InChI is InChI=1S/C25H33N3O5/c1-3-4-21(30)27-13-25(14-27)15-28(24(31)16-7-9-33-10-8-16)20(12-29)23-22(25)18-6-5-17(32-2)11-19(18)26-23/h5-6,11,16,20,26,29H,3-4,7-10,12-15H2,1-2H3/t20-/m0/s1. The molecule has 0 unspecified atom stereocenters. The number of nitrogens with zero attached hydrogens (tertiary/aromatic N) is 2. The molecule has 178 valence electrons. The van der Waals surface area contributed by atoms with Crippen LogP contribution < -0.4 is 4.74 Å². The van der Waals surface area contributed by atoms with Gasteiger partial charge in [-0.3, -0.25) is 9.59 Å². The quantitative estimate of drug-likeness (QED) is 0.722. The van der Waals surface area contributed by atoms with Crippen LogP contribution in [0.1, 0.15) is 49.9 Å². The molecule has 1 atom stereocenters. The summed E-state index contributed by atoms with van der Waals surface area (Å²) < 4.78 is 10.9. The van der Waals surface area contributed by atoms with Crippen LogP contribution in [0.15, 0.2) is 18.2 Å². The third kappa shape index (κ3) is 3.60. The van der Waals surface area contributed by atoms with Crippen molar-refractivity contribution in [1.29, 1.82) is 0 Å². The molecule has 33 heavy (non-hydrogen) atoms. The van der Waals surface area contributed by atoms with Gasteiger partial charge in [-0.1, -0.05) is 6.92 Å². The molecule has 2 saturated heterocycles. The lowest BCUT2D eigenvalue weighted by molar-refractivity contribution is -0.149. The summed E-state index contributed by atoms with van der Waals surface area (Å²) in [4.78, 5) is 33.5. The average molecular weight is 456 g/mol. The fourth-order valence-electron chi connectivity index (χ4n) is 5.91. The van der Waals surface area contributed by atoms with E-state index in [1.807, 2.05) is 34.9 Å². The Morgan fingerprint density at radius 1 is 1.24 bits per heavy atom. The third-order valence-electron chi connectivity index (χ3n) is 7.58. The molecule has 0 radical (unpaired) electrons. The first-order chi connectivity index (χ1) is 16.0. The van der Waals surface area contributed by atoms with Gasteiger partial charge in [0.1, 0.15) is 5.75 Å². The van der Waals surface area contributed by atoms with E-state index in [1.165, 1.54) is 0 Å². The summed E-state index contributed by atoms with van der Waals surface area (Å²) in [6, 6.07) is 5.52. The molecular formula is C25H33N3O5. The second-order valence-corrected chi connectivity index (χ2v) is 9.66. The van der Waals surface area contributed by atoms with Gasteiger partial charge in [0.05, 0.1) is 25.2 Å². The fourth-order valence-corrected chi connectivity index (χ4v) is 5.91. The van der Waals surface area contributed by atoms with Crippen LogP contribution in [-0.4, -0.2) is 78.3 Å². The van der Waals surface area contributed by atoms with E-state index in [-0.39, 0.29) is 29.8 Å². The van der Waals surface area contributed by atoms with Crippen molar-refractivity contribution in [1.82, 2.24) is 14.8 Å². The molecule has 1 aromatic carbocycles. The van der Waals surface area contributed by atoms with Gasteiger partial charge in [0.25, 0.3) is 0 Å². The Bertz CT molecular complexity index is 1050. The van der Waals surface area contributed by atoms with Crippen LogP contribution in [-0.2, 0) is 19.7 Å². The highest BCUT2D eigenvalue weighted by Crippen LogP contribution is 2.49. The summed E-state index contributed by atoms with van der Waals surface area (Å²) in [5.41, 5.74) is 2.61. The van der Waals surface area contributed by atoms with Gasteiger partial charge in [-0.05, 0) is 37.0 Å². The number of likely N-dealkylation sites (tertiary alicyclic amines) is 1. The molecule has 0 saturated carbocycles. The zero-order valence-electron chi connectivity index (χ0n) is 19.4. The lowest BCUT2D eigenvalue weighted by Crippen LogP contribution is -2.68. The van der Waals surface area contributed by atoms with Gasteiger partial charge in [0.2, 0.25) is 11.8 Å². The number of nitrogens with one attached hydrogen (secondary N) is 1. The van der Waals surface area contributed by atoms with Crippen LogP contribution in [0.4, 0.5) is 0 Å². The number of H-pyrrole nitrogens is 1. The smallest absolute Gasteiger partial charge is 0.226 e. The maximum Gasteiger partial charge on any atom is 0.226 e. The molecule has 2 aromatic rings. The molecule has 5 rings (SSSR count). The van der Waals surface area contributed by atoms with Gasteiger partial charge in [-0.15, -0.1) is 0 Å². The van der Waals surface area contributed by atoms with Crippen molar-refractivity contribution < 1.29 is 24.2 Å². The Morgan fingerprint density at radius 3 is 2.67 bits per heavy atom. The van der Waals surface area contributed by atoms with E-state index in [4.69, 9.17) is 9.47 Å². The van der Waals surface area contributed by atoms with Crippen LogP contribution in [0.2, 0.25) is 0 Å². The van der Waals surface area contributed by atoms with Crippen LogP contribution >= 0.6 is 0 Å². The predicted octanol–water partition coefficient (Wildman–Crippen LogP) is 2.36. The maximum absolute atomic E-state index is 13.6. The molecule has 2 amide bonds. The summed E-state index contributed by atoms with van der Waals surface area (Å²) in [6.07, 6.45) is 2.77. The Labute approximate surface area is 193 Å². The highest BCUT2D eigenvalue weighted by molar-refractivity contribution is 5.90. The van der Waals surface area contributed by atoms with E-state index < -0.39 is 6.04 Å². The minimum absolute atomic E-state index is 0.0805. The molecule has 1 spiro atoms. The number of hydrogen-bond acceptors (Lipinski definition) is 5. The average Bonchev–Trinajstić information content (AvgIpc) is 3.20. The molecule has 3 aliphatic rings. The Balaban J connectivity index is 1.57. The van der Waals surface area contributed by atoms with Gasteiger partial charge in [-0.2, -0.15) is 0 Å². The molecule has 0 aliphatic carbocycles. The van der Waals surface area contributed by atoms with Crippen LogP contribution in [0, 0.1) is 5.92 Å². The number of ether oxygens (including phenoxy) is 2. The van der Waals surface area contributed by atoms with Gasteiger partial charge >= 0.3 is 0 Å². The minimum Gasteiger partial charge on any atom is -0.497 e. The number of amides is 2. The Morgan fingerprint density at radius 2 is 2.00 bits per heavy atom. The number of carbonyl (C=O) groups excluding carboxylic acids is 2. The van der Waals surface area contributed by atoms with Crippen LogP contribution in [0.5, 0.6) is 5.75 Å². The van der Waals surface area contributed by atoms with Crippen molar-refractivity contribution in [2.75, 3.05) is 46.6 Å². The summed E-state index contributed by atoms with van der Waals surface area (Å²) in [7, 11) is 1.64. The lowest BCUT2D eigenvalue weighted by atomic mass is 9.68. The number of carbonyl (C=O) groups is 2. The molecule has 2 N–H and O–H groups in total. The van der Waals surface area contributed by atoms with E-state index in [0.29, 0.717) is 52.1 Å². The van der Waals surface area contributed by atoms with Gasteiger partial charge in [0.15, 0.2) is 0 Å². The number of benzene rings is 1. The van der Waals surface area contributed by atoms with Gasteiger partial charge in [-0.25, -0.2) is 0 Å². The molecule has 8 heteroatoms. The highest BCUT2D eigenvalue weighted by atomic mass is 16.5. The van der Waals surface area contributed by atoms with E-state index in [2.05, 4.69) is 4.98 Å². The predicted molar refractivity (Wildman–Crippen MR) is 123 cm³/mol. The number of rotatable bonds is 5. The number of fused-ring (bicyclic) bond motifs is 4. The van der Waals surface area contributed by atoms with Gasteiger partial charge < -0.3 is 29.4 Å². The third-order valence-corrected chi connectivity index (χ3v) is 7.58. The van der Waals surface area contributed by atoms with Crippen molar-refractivity contribution in [3.63, 3.8) is 0 Å². The zero-order valence-corrected chi connectivity index (χ0v) is 19.4. The summed E-state index contributed by atoms with van der Waals surface area (Å²) in [5.74, 6) is 0.905. The second kappa shape index (κ2) is 8.65. The van der Waals surface area contributed by atoms with Crippen molar-refractivity contribution in [2.45, 2.75) is 44.1 Å². The first kappa shape index (κ1) is 22.2. The molecule has 3 aliphatic heterocycles. The molecule has 4 heterocycles. The monoisotopic (exact) mass is 455 g/mol. The number of aromatic amines is 1. The molecule has 8 nitrogen and oxygen atoms in total. The largest absolute Gasteiger partial charge is 0.497 e.